The smallest absolute Gasteiger partial charge is 0.407 e. The number of likely N-dealkylation sites (tertiary alicyclic amines) is 1. The number of benzene rings is 2. The molecule has 180 valence electrons. The summed E-state index contributed by atoms with van der Waals surface area (Å²) in [5.41, 5.74) is 3.27. The number of amides is 2. The Kier molecular flexibility index (Phi) is 6.91. The highest BCUT2D eigenvalue weighted by Crippen LogP contribution is 2.44. The van der Waals surface area contributed by atoms with Gasteiger partial charge in [0.15, 0.2) is 0 Å². The minimum atomic E-state index is -1.25. The molecule has 2 N–H and O–H groups in total. The predicted octanol–water partition coefficient (Wildman–Crippen LogP) is 4.55. The number of ether oxygens (including phenoxy) is 1. The Morgan fingerprint density at radius 3 is 2.32 bits per heavy atom. The summed E-state index contributed by atoms with van der Waals surface area (Å²) in [6.45, 7) is 4.11. The third-order valence-corrected chi connectivity index (χ3v) is 7.15. The van der Waals surface area contributed by atoms with Crippen molar-refractivity contribution in [1.29, 1.82) is 0 Å². The van der Waals surface area contributed by atoms with E-state index in [9.17, 15) is 19.5 Å². The van der Waals surface area contributed by atoms with Gasteiger partial charge < -0.3 is 20.1 Å². The molecule has 2 aliphatic rings. The zero-order valence-electron chi connectivity index (χ0n) is 19.8. The third-order valence-electron chi connectivity index (χ3n) is 7.15. The molecule has 34 heavy (non-hydrogen) atoms. The van der Waals surface area contributed by atoms with Gasteiger partial charge in [-0.1, -0.05) is 68.3 Å². The van der Waals surface area contributed by atoms with Crippen LogP contribution in [0.2, 0.25) is 0 Å². The van der Waals surface area contributed by atoms with Gasteiger partial charge in [0.05, 0.1) is 0 Å². The summed E-state index contributed by atoms with van der Waals surface area (Å²) in [5.74, 6) is -1.45. The lowest BCUT2D eigenvalue weighted by Crippen LogP contribution is -2.57. The highest BCUT2D eigenvalue weighted by molar-refractivity contribution is 5.91. The number of nitrogens with one attached hydrogen (secondary N) is 1. The fraction of sp³-hybridized carbons (Fsp3) is 0.444. The number of carbonyl (C=O) groups excluding carboxylic acids is 2. The molecule has 4 rings (SSSR count). The number of carbonyl (C=O) groups is 3. The maximum absolute atomic E-state index is 13.3. The number of fused-ring (bicyclic) bond motifs is 3. The van der Waals surface area contributed by atoms with Crippen molar-refractivity contribution in [3.05, 3.63) is 59.7 Å². The fourth-order valence-corrected chi connectivity index (χ4v) is 5.17. The van der Waals surface area contributed by atoms with E-state index in [2.05, 4.69) is 29.6 Å². The molecule has 7 nitrogen and oxygen atoms in total. The second-order valence-electron chi connectivity index (χ2n) is 9.34. The number of alkyl carbamates (subject to hydrolysis) is 1. The maximum atomic E-state index is 13.3. The quantitative estimate of drug-likeness (QED) is 0.598. The van der Waals surface area contributed by atoms with E-state index in [1.165, 1.54) is 4.90 Å². The summed E-state index contributed by atoms with van der Waals surface area (Å²) in [4.78, 5) is 39.3. The summed E-state index contributed by atoms with van der Waals surface area (Å²) < 4.78 is 5.63. The monoisotopic (exact) mass is 464 g/mol. The topological polar surface area (TPSA) is 95.9 Å². The van der Waals surface area contributed by atoms with Gasteiger partial charge in [0, 0.05) is 12.5 Å². The lowest BCUT2D eigenvalue weighted by atomic mass is 9.98. The highest BCUT2D eigenvalue weighted by Gasteiger charge is 2.47. The van der Waals surface area contributed by atoms with Gasteiger partial charge in [-0.2, -0.15) is 0 Å². The number of aliphatic carboxylic acids is 1. The van der Waals surface area contributed by atoms with Crippen molar-refractivity contribution < 1.29 is 24.2 Å². The van der Waals surface area contributed by atoms with Gasteiger partial charge >= 0.3 is 12.1 Å². The standard InChI is InChI=1S/C27H32N2O5/c1-3-4-14-23(24(30)29-16-9-15-27(29,2)25(31)32)28-26(33)34-17-22-20-12-7-5-10-18(20)19-11-6-8-13-21(19)22/h5-8,10-13,22-23H,3-4,9,14-17H2,1-2H3,(H,28,33)(H,31,32)/t23-,27+/m0/s1. The van der Waals surface area contributed by atoms with Gasteiger partial charge in [-0.15, -0.1) is 0 Å². The van der Waals surface area contributed by atoms with E-state index in [1.807, 2.05) is 31.2 Å². The van der Waals surface area contributed by atoms with Crippen molar-refractivity contribution in [1.82, 2.24) is 10.2 Å². The largest absolute Gasteiger partial charge is 0.480 e. The molecule has 0 saturated carbocycles. The van der Waals surface area contributed by atoms with Crippen LogP contribution in [0.15, 0.2) is 48.5 Å². The molecule has 2 aromatic carbocycles. The van der Waals surface area contributed by atoms with E-state index >= 15 is 0 Å². The Morgan fingerprint density at radius 2 is 1.74 bits per heavy atom. The van der Waals surface area contributed by atoms with Crippen LogP contribution in [0.4, 0.5) is 4.79 Å². The molecular formula is C27H32N2O5. The molecule has 0 spiro atoms. The van der Waals surface area contributed by atoms with E-state index in [-0.39, 0.29) is 18.4 Å². The summed E-state index contributed by atoms with van der Waals surface area (Å²) in [6, 6.07) is 15.4. The number of carboxylic acids is 1. The summed E-state index contributed by atoms with van der Waals surface area (Å²) in [7, 11) is 0. The molecule has 7 heteroatoms. The second-order valence-corrected chi connectivity index (χ2v) is 9.34. The van der Waals surface area contributed by atoms with Crippen molar-refractivity contribution in [3.8, 4) is 11.1 Å². The molecule has 1 heterocycles. The molecule has 0 bridgehead atoms. The van der Waals surface area contributed by atoms with Crippen LogP contribution in [-0.2, 0) is 14.3 Å². The van der Waals surface area contributed by atoms with Crippen molar-refractivity contribution in [2.45, 2.75) is 63.5 Å². The summed E-state index contributed by atoms with van der Waals surface area (Å²) in [5, 5.41) is 12.4. The van der Waals surface area contributed by atoms with Crippen LogP contribution in [0.25, 0.3) is 11.1 Å². The van der Waals surface area contributed by atoms with Gasteiger partial charge in [-0.25, -0.2) is 9.59 Å². The molecule has 0 radical (unpaired) electrons. The number of carboxylic acid groups (broad SMARTS) is 1. The van der Waals surface area contributed by atoms with Gasteiger partial charge in [0.25, 0.3) is 0 Å². The van der Waals surface area contributed by atoms with Crippen LogP contribution in [0, 0.1) is 0 Å². The first kappa shape index (κ1) is 23.8. The fourth-order valence-electron chi connectivity index (χ4n) is 5.17. The SMILES string of the molecule is CCCC[C@H](NC(=O)OCC1c2ccccc2-c2ccccc21)C(=O)N1CCC[C@]1(C)C(=O)O. The Labute approximate surface area is 200 Å². The number of hydrogen-bond donors (Lipinski definition) is 2. The van der Waals surface area contributed by atoms with Crippen molar-refractivity contribution in [2.75, 3.05) is 13.2 Å². The second kappa shape index (κ2) is 9.87. The average molecular weight is 465 g/mol. The molecule has 2 atom stereocenters. The minimum Gasteiger partial charge on any atom is -0.480 e. The zero-order valence-corrected chi connectivity index (χ0v) is 19.8. The maximum Gasteiger partial charge on any atom is 0.407 e. The summed E-state index contributed by atoms with van der Waals surface area (Å²) in [6.07, 6.45) is 2.39. The first-order valence-corrected chi connectivity index (χ1v) is 12.0. The van der Waals surface area contributed by atoms with Gasteiger partial charge in [0.2, 0.25) is 5.91 Å². The third kappa shape index (κ3) is 4.39. The van der Waals surface area contributed by atoms with E-state index in [0.29, 0.717) is 25.8 Å². The van der Waals surface area contributed by atoms with Crippen LogP contribution in [0.1, 0.15) is 63.0 Å². The number of nitrogens with zero attached hydrogens (tertiary/aromatic N) is 1. The minimum absolute atomic E-state index is 0.0724. The Morgan fingerprint density at radius 1 is 1.12 bits per heavy atom. The first-order chi connectivity index (χ1) is 16.4. The van der Waals surface area contributed by atoms with E-state index in [4.69, 9.17) is 4.74 Å². The van der Waals surface area contributed by atoms with E-state index < -0.39 is 23.6 Å². The number of unbranched alkanes of at least 4 members (excludes halogenated alkanes) is 1. The van der Waals surface area contributed by atoms with Crippen molar-refractivity contribution in [3.63, 3.8) is 0 Å². The average Bonchev–Trinajstić information content (AvgIpc) is 3.39. The van der Waals surface area contributed by atoms with E-state index in [0.717, 1.165) is 35.1 Å². The number of hydrogen-bond acceptors (Lipinski definition) is 4. The van der Waals surface area contributed by atoms with Gasteiger partial charge in [-0.3, -0.25) is 4.79 Å². The van der Waals surface area contributed by atoms with Crippen LogP contribution in [-0.4, -0.2) is 52.7 Å². The Hall–Kier alpha value is -3.35. The van der Waals surface area contributed by atoms with Crippen LogP contribution >= 0.6 is 0 Å². The Bertz CT molecular complexity index is 1040. The predicted molar refractivity (Wildman–Crippen MR) is 129 cm³/mol. The number of rotatable bonds is 8. The molecular weight excluding hydrogens is 432 g/mol. The normalized spacial score (nSPS) is 19.9. The Balaban J connectivity index is 1.45. The molecule has 2 aromatic rings. The molecule has 1 saturated heterocycles. The molecule has 1 fully saturated rings. The first-order valence-electron chi connectivity index (χ1n) is 12.0. The van der Waals surface area contributed by atoms with Gasteiger partial charge in [-0.05, 0) is 48.4 Å². The molecule has 2 amide bonds. The van der Waals surface area contributed by atoms with Crippen LogP contribution in [0.3, 0.4) is 0 Å². The lowest BCUT2D eigenvalue weighted by Gasteiger charge is -2.34. The van der Waals surface area contributed by atoms with E-state index in [1.54, 1.807) is 6.92 Å². The van der Waals surface area contributed by atoms with Crippen molar-refractivity contribution in [2.24, 2.45) is 0 Å². The molecule has 0 unspecified atom stereocenters. The molecule has 0 aromatic heterocycles. The summed E-state index contributed by atoms with van der Waals surface area (Å²) >= 11 is 0. The zero-order chi connectivity index (χ0) is 24.3. The lowest BCUT2D eigenvalue weighted by molar-refractivity contribution is -0.156. The van der Waals surface area contributed by atoms with Gasteiger partial charge in [0.1, 0.15) is 18.2 Å². The molecule has 1 aliphatic carbocycles. The van der Waals surface area contributed by atoms with Crippen LogP contribution in [0.5, 0.6) is 0 Å². The molecule has 1 aliphatic heterocycles. The highest BCUT2D eigenvalue weighted by atomic mass is 16.5. The van der Waals surface area contributed by atoms with Crippen LogP contribution < -0.4 is 5.32 Å². The van der Waals surface area contributed by atoms with Crippen molar-refractivity contribution >= 4 is 18.0 Å².